The van der Waals surface area contributed by atoms with Gasteiger partial charge in [-0.3, -0.25) is 9.59 Å². The van der Waals surface area contributed by atoms with Gasteiger partial charge in [0, 0.05) is 37.9 Å². The SMILES string of the molecule is O=C(Nc1cccc2c1CN(c1ccccn1)C2)[C@H]1CC(=O)N(c2ccccc2Cl)C1. The van der Waals surface area contributed by atoms with Gasteiger partial charge in [-0.05, 0) is 41.5 Å². The Morgan fingerprint density at radius 2 is 1.87 bits per heavy atom. The Bertz CT molecular complexity index is 1150. The quantitative estimate of drug-likeness (QED) is 0.669. The van der Waals surface area contributed by atoms with Crippen LogP contribution in [0.15, 0.2) is 66.9 Å². The Kier molecular flexibility index (Phi) is 5.08. The Hall–Kier alpha value is -3.38. The molecule has 5 rings (SSSR count). The van der Waals surface area contributed by atoms with Crippen LogP contribution >= 0.6 is 11.6 Å². The third-order valence-electron chi connectivity index (χ3n) is 5.85. The predicted octanol–water partition coefficient (Wildman–Crippen LogP) is 4.25. The molecule has 3 heterocycles. The number of pyridine rings is 1. The summed E-state index contributed by atoms with van der Waals surface area (Å²) in [5, 5.41) is 3.57. The van der Waals surface area contributed by atoms with E-state index in [1.807, 2.05) is 42.5 Å². The van der Waals surface area contributed by atoms with Crippen LogP contribution < -0.4 is 15.1 Å². The molecule has 3 aromatic rings. The lowest BCUT2D eigenvalue weighted by molar-refractivity contribution is -0.122. The Morgan fingerprint density at radius 1 is 1.03 bits per heavy atom. The van der Waals surface area contributed by atoms with Crippen LogP contribution in [-0.4, -0.2) is 23.3 Å². The second-order valence-corrected chi connectivity index (χ2v) is 8.24. The van der Waals surface area contributed by atoms with E-state index >= 15 is 0 Å². The van der Waals surface area contributed by atoms with Gasteiger partial charge in [-0.15, -0.1) is 0 Å². The summed E-state index contributed by atoms with van der Waals surface area (Å²) in [5.41, 5.74) is 3.71. The van der Waals surface area contributed by atoms with Crippen LogP contribution in [0, 0.1) is 5.92 Å². The number of rotatable bonds is 4. The number of benzene rings is 2. The van der Waals surface area contributed by atoms with E-state index in [2.05, 4.69) is 21.3 Å². The molecule has 0 spiro atoms. The zero-order valence-corrected chi connectivity index (χ0v) is 17.5. The van der Waals surface area contributed by atoms with Crippen molar-refractivity contribution in [2.45, 2.75) is 19.5 Å². The van der Waals surface area contributed by atoms with E-state index in [1.54, 1.807) is 23.2 Å². The highest BCUT2D eigenvalue weighted by molar-refractivity contribution is 6.33. The number of para-hydroxylation sites is 1. The number of halogens is 1. The van der Waals surface area contributed by atoms with Gasteiger partial charge in [0.1, 0.15) is 5.82 Å². The van der Waals surface area contributed by atoms with Crippen molar-refractivity contribution in [2.75, 3.05) is 21.7 Å². The number of nitrogens with zero attached hydrogens (tertiary/aromatic N) is 3. The molecule has 6 nitrogen and oxygen atoms in total. The van der Waals surface area contributed by atoms with Gasteiger partial charge in [-0.1, -0.05) is 41.9 Å². The fourth-order valence-electron chi connectivity index (χ4n) is 4.26. The molecule has 2 aliphatic rings. The van der Waals surface area contributed by atoms with Crippen LogP contribution in [0.5, 0.6) is 0 Å². The topological polar surface area (TPSA) is 65.5 Å². The van der Waals surface area contributed by atoms with E-state index in [9.17, 15) is 9.59 Å². The average Bonchev–Trinajstić information content (AvgIpc) is 3.39. The number of carbonyl (C=O) groups is 2. The largest absolute Gasteiger partial charge is 0.348 e. The normalized spacial score (nSPS) is 17.7. The van der Waals surface area contributed by atoms with Crippen molar-refractivity contribution in [3.8, 4) is 0 Å². The van der Waals surface area contributed by atoms with Crippen molar-refractivity contribution < 1.29 is 9.59 Å². The van der Waals surface area contributed by atoms with Gasteiger partial charge in [0.05, 0.1) is 16.6 Å². The zero-order chi connectivity index (χ0) is 21.4. The monoisotopic (exact) mass is 432 g/mol. The maximum atomic E-state index is 13.0. The molecular weight excluding hydrogens is 412 g/mol. The molecule has 1 N–H and O–H groups in total. The number of nitrogens with one attached hydrogen (secondary N) is 1. The minimum atomic E-state index is -0.423. The molecule has 156 valence electrons. The van der Waals surface area contributed by atoms with Crippen LogP contribution in [0.3, 0.4) is 0 Å². The first-order valence-corrected chi connectivity index (χ1v) is 10.6. The summed E-state index contributed by atoms with van der Waals surface area (Å²) in [4.78, 5) is 33.8. The van der Waals surface area contributed by atoms with Crippen LogP contribution in [-0.2, 0) is 22.7 Å². The first-order valence-electron chi connectivity index (χ1n) is 10.2. The molecule has 0 saturated carbocycles. The molecule has 1 aromatic heterocycles. The molecule has 1 atom stereocenters. The minimum absolute atomic E-state index is 0.0899. The number of amides is 2. The van der Waals surface area contributed by atoms with Gasteiger partial charge < -0.3 is 15.1 Å². The van der Waals surface area contributed by atoms with Crippen LogP contribution in [0.25, 0.3) is 0 Å². The van der Waals surface area contributed by atoms with Crippen molar-refractivity contribution in [3.05, 3.63) is 83.0 Å². The van der Waals surface area contributed by atoms with Crippen molar-refractivity contribution in [2.24, 2.45) is 5.92 Å². The summed E-state index contributed by atoms with van der Waals surface area (Å²) >= 11 is 6.25. The number of anilines is 3. The van der Waals surface area contributed by atoms with E-state index in [4.69, 9.17) is 11.6 Å². The fourth-order valence-corrected chi connectivity index (χ4v) is 4.50. The number of aromatic nitrogens is 1. The standard InChI is InChI=1S/C24H21ClN4O2/c25-19-7-1-2-9-21(19)29-14-17(12-23(29)30)24(31)27-20-8-5-6-16-13-28(15-18(16)20)22-10-3-4-11-26-22/h1-11,17H,12-15H2,(H,27,31)/t17-/m0/s1. The van der Waals surface area contributed by atoms with Crippen LogP contribution in [0.4, 0.5) is 17.2 Å². The van der Waals surface area contributed by atoms with Crippen LogP contribution in [0.1, 0.15) is 17.5 Å². The predicted molar refractivity (Wildman–Crippen MR) is 121 cm³/mol. The fraction of sp³-hybridized carbons (Fsp3) is 0.208. The van der Waals surface area contributed by atoms with Crippen molar-refractivity contribution in [3.63, 3.8) is 0 Å². The molecule has 2 amide bonds. The molecular formula is C24H21ClN4O2. The van der Waals surface area contributed by atoms with Crippen LogP contribution in [0.2, 0.25) is 5.02 Å². The Morgan fingerprint density at radius 3 is 2.68 bits per heavy atom. The second-order valence-electron chi connectivity index (χ2n) is 7.83. The molecule has 2 aliphatic heterocycles. The van der Waals surface area contributed by atoms with E-state index in [-0.39, 0.29) is 18.2 Å². The second kappa shape index (κ2) is 8.04. The van der Waals surface area contributed by atoms with Gasteiger partial charge >= 0.3 is 0 Å². The van der Waals surface area contributed by atoms with Gasteiger partial charge in [0.2, 0.25) is 11.8 Å². The summed E-state index contributed by atoms with van der Waals surface area (Å²) in [5.74, 6) is 0.251. The third kappa shape index (κ3) is 3.75. The highest BCUT2D eigenvalue weighted by atomic mass is 35.5. The van der Waals surface area contributed by atoms with Crippen molar-refractivity contribution in [1.82, 2.24) is 4.98 Å². The van der Waals surface area contributed by atoms with Crippen molar-refractivity contribution in [1.29, 1.82) is 0 Å². The van der Waals surface area contributed by atoms with Gasteiger partial charge in [-0.2, -0.15) is 0 Å². The van der Waals surface area contributed by atoms with E-state index < -0.39 is 5.92 Å². The number of hydrogen-bond donors (Lipinski definition) is 1. The minimum Gasteiger partial charge on any atom is -0.348 e. The lowest BCUT2D eigenvalue weighted by atomic mass is 10.1. The molecule has 31 heavy (non-hydrogen) atoms. The Labute approximate surface area is 185 Å². The summed E-state index contributed by atoms with van der Waals surface area (Å²) in [6.07, 6.45) is 1.95. The Balaban J connectivity index is 1.31. The van der Waals surface area contributed by atoms with E-state index in [1.165, 1.54) is 5.56 Å². The molecule has 0 aliphatic carbocycles. The lowest BCUT2D eigenvalue weighted by Gasteiger charge is -2.18. The number of carbonyl (C=O) groups excluding carboxylic acids is 2. The van der Waals surface area contributed by atoms with Gasteiger partial charge in [-0.25, -0.2) is 4.98 Å². The highest BCUT2D eigenvalue weighted by Gasteiger charge is 2.36. The molecule has 0 unspecified atom stereocenters. The third-order valence-corrected chi connectivity index (χ3v) is 6.17. The zero-order valence-electron chi connectivity index (χ0n) is 16.8. The molecule has 1 saturated heterocycles. The lowest BCUT2D eigenvalue weighted by Crippen LogP contribution is -2.28. The molecule has 1 fully saturated rings. The van der Waals surface area contributed by atoms with E-state index in [0.29, 0.717) is 23.8 Å². The molecule has 7 heteroatoms. The summed E-state index contributed by atoms with van der Waals surface area (Å²) in [6.45, 7) is 1.75. The average molecular weight is 433 g/mol. The summed E-state index contributed by atoms with van der Waals surface area (Å²) in [6, 6.07) is 19.0. The smallest absolute Gasteiger partial charge is 0.229 e. The van der Waals surface area contributed by atoms with E-state index in [0.717, 1.165) is 23.6 Å². The first kappa shape index (κ1) is 19.6. The number of fused-ring (bicyclic) bond motifs is 1. The molecule has 0 radical (unpaired) electrons. The molecule has 2 aromatic carbocycles. The number of hydrogen-bond acceptors (Lipinski definition) is 4. The summed E-state index contributed by atoms with van der Waals surface area (Å²) < 4.78 is 0. The summed E-state index contributed by atoms with van der Waals surface area (Å²) in [7, 11) is 0. The highest BCUT2D eigenvalue weighted by Crippen LogP contribution is 2.34. The maximum Gasteiger partial charge on any atom is 0.229 e. The maximum absolute atomic E-state index is 13.0. The molecule has 0 bridgehead atoms. The first-order chi connectivity index (χ1) is 15.1. The van der Waals surface area contributed by atoms with Gasteiger partial charge in [0.15, 0.2) is 0 Å². The van der Waals surface area contributed by atoms with Crippen molar-refractivity contribution >= 4 is 40.6 Å². The van der Waals surface area contributed by atoms with Gasteiger partial charge in [0.25, 0.3) is 0 Å².